The van der Waals surface area contributed by atoms with Gasteiger partial charge in [0.05, 0.1) is 0 Å². The average molecular weight is 472 g/mol. The molecular formula is C20H14O2Se2Si. The van der Waals surface area contributed by atoms with Gasteiger partial charge in [-0.1, -0.05) is 0 Å². The van der Waals surface area contributed by atoms with Crippen molar-refractivity contribution in [1.29, 1.82) is 0 Å². The van der Waals surface area contributed by atoms with Crippen LogP contribution < -0.4 is 10.4 Å². The molecule has 1 aromatic carbocycles. The Hall–Kier alpha value is -1.48. The van der Waals surface area contributed by atoms with Gasteiger partial charge in [0.25, 0.3) is 0 Å². The molecule has 0 atom stereocenters. The number of carbonyl (C=O) groups excluding carboxylic acids is 2. The zero-order valence-electron chi connectivity index (χ0n) is 13.8. The molecule has 1 aliphatic heterocycles. The van der Waals surface area contributed by atoms with Crippen molar-refractivity contribution in [2.45, 2.75) is 13.1 Å². The van der Waals surface area contributed by atoms with Gasteiger partial charge < -0.3 is 0 Å². The van der Waals surface area contributed by atoms with Crippen molar-refractivity contribution in [1.82, 2.24) is 0 Å². The fourth-order valence-electron chi connectivity index (χ4n) is 3.78. The second-order valence-electron chi connectivity index (χ2n) is 6.94. The molecule has 5 heteroatoms. The number of ketones is 2. The van der Waals surface area contributed by atoms with Crippen molar-refractivity contribution >= 4 is 65.1 Å². The summed E-state index contributed by atoms with van der Waals surface area (Å²) in [7, 11) is -1.57. The Balaban J connectivity index is 1.63. The Kier molecular flexibility index (Phi) is 3.31. The molecule has 0 unspecified atom stereocenters. The van der Waals surface area contributed by atoms with E-state index in [0.717, 1.165) is 0 Å². The maximum atomic E-state index is 12.6. The van der Waals surface area contributed by atoms with Gasteiger partial charge in [0.15, 0.2) is 0 Å². The van der Waals surface area contributed by atoms with E-state index in [1.54, 1.807) is 26.2 Å². The monoisotopic (exact) mass is 474 g/mol. The van der Waals surface area contributed by atoms with Crippen molar-refractivity contribution in [3.8, 4) is 8.87 Å². The van der Waals surface area contributed by atoms with Gasteiger partial charge in [-0.2, -0.15) is 0 Å². The average Bonchev–Trinajstić information content (AvgIpc) is 3.32. The summed E-state index contributed by atoms with van der Waals surface area (Å²) in [6.07, 6.45) is 1.88. The molecule has 2 aromatic heterocycles. The number of benzene rings is 1. The molecule has 1 aliphatic carbocycles. The van der Waals surface area contributed by atoms with E-state index in [9.17, 15) is 9.59 Å². The van der Waals surface area contributed by atoms with Gasteiger partial charge in [-0.3, -0.25) is 0 Å². The first-order chi connectivity index (χ1) is 12.0. The van der Waals surface area contributed by atoms with Crippen LogP contribution in [0, 0.1) is 0 Å². The van der Waals surface area contributed by atoms with Crippen LogP contribution in [-0.2, 0) is 0 Å². The van der Waals surface area contributed by atoms with E-state index in [2.05, 4.69) is 30.2 Å². The van der Waals surface area contributed by atoms with Crippen molar-refractivity contribution in [3.63, 3.8) is 0 Å². The van der Waals surface area contributed by atoms with E-state index in [0.29, 0.717) is 31.2 Å². The molecule has 0 amide bonds. The molecule has 5 rings (SSSR count). The number of carbonyl (C=O) groups is 2. The maximum absolute atomic E-state index is 12.6. The second kappa shape index (κ2) is 5.26. The molecule has 3 aromatic rings. The van der Waals surface area contributed by atoms with Crippen molar-refractivity contribution in [2.75, 3.05) is 0 Å². The normalized spacial score (nSPS) is 16.8. The van der Waals surface area contributed by atoms with E-state index in [-0.39, 0.29) is 26.1 Å². The Morgan fingerprint density at radius 2 is 1.60 bits per heavy atom. The number of hydrogen-bond acceptors (Lipinski definition) is 2. The van der Waals surface area contributed by atoms with Crippen LogP contribution in [0.25, 0.3) is 15.0 Å². The van der Waals surface area contributed by atoms with E-state index in [1.165, 1.54) is 9.62 Å². The van der Waals surface area contributed by atoms with E-state index in [4.69, 9.17) is 0 Å². The van der Waals surface area contributed by atoms with Crippen LogP contribution in [0.3, 0.4) is 0 Å². The van der Waals surface area contributed by atoms with Crippen LogP contribution >= 0.6 is 0 Å². The minimum atomic E-state index is -1.57. The summed E-state index contributed by atoms with van der Waals surface area (Å²) in [5.41, 5.74) is 1.45. The molecule has 25 heavy (non-hydrogen) atoms. The molecule has 3 heterocycles. The number of hydrogen-bond donors (Lipinski definition) is 0. The molecular weight excluding hydrogens is 458 g/mol. The molecule has 0 radical (unpaired) electrons. The molecule has 0 N–H and O–H groups in total. The van der Waals surface area contributed by atoms with Crippen molar-refractivity contribution in [2.24, 2.45) is 0 Å². The van der Waals surface area contributed by atoms with Crippen LogP contribution in [0.15, 0.2) is 46.9 Å². The Labute approximate surface area is 158 Å². The number of Topliss-reactive ketones (excluding diaryl/α,β-unsaturated/α-hetero) is 2. The second-order valence-corrected chi connectivity index (χ2v) is 15.5. The van der Waals surface area contributed by atoms with Crippen LogP contribution in [0.5, 0.6) is 0 Å². The fourth-order valence-corrected chi connectivity index (χ4v) is 15.7. The van der Waals surface area contributed by atoms with E-state index in [1.807, 2.05) is 18.2 Å². The number of allylic oxidation sites excluding steroid dienone is 1. The van der Waals surface area contributed by atoms with Crippen molar-refractivity contribution < 1.29 is 9.59 Å². The fraction of sp³-hybridized carbons (Fsp3) is 0.100. The van der Waals surface area contributed by atoms with Crippen LogP contribution in [-0.4, -0.2) is 48.6 Å². The first kappa shape index (κ1) is 15.7. The van der Waals surface area contributed by atoms with E-state index >= 15 is 0 Å². The number of fused-ring (bicyclic) bond motifs is 4. The number of rotatable bonds is 1. The Bertz CT molecular complexity index is 1080. The van der Waals surface area contributed by atoms with Gasteiger partial charge in [0, 0.05) is 0 Å². The summed E-state index contributed by atoms with van der Waals surface area (Å²) in [5, 5.41) is 3.15. The summed E-state index contributed by atoms with van der Waals surface area (Å²) in [6, 6.07) is 11.8. The quantitative estimate of drug-likeness (QED) is 0.309. The molecule has 2 nitrogen and oxygen atoms in total. The summed E-state index contributed by atoms with van der Waals surface area (Å²) in [4.78, 5) is 27.6. The van der Waals surface area contributed by atoms with Gasteiger partial charge in [-0.05, 0) is 0 Å². The van der Waals surface area contributed by atoms with Gasteiger partial charge in [-0.15, -0.1) is 0 Å². The van der Waals surface area contributed by atoms with Crippen LogP contribution in [0.1, 0.15) is 25.2 Å². The summed E-state index contributed by atoms with van der Waals surface area (Å²) in [6.45, 7) is 4.83. The third-order valence-corrected chi connectivity index (χ3v) is 14.4. The summed E-state index contributed by atoms with van der Waals surface area (Å²) < 4.78 is 4.32. The molecule has 0 fully saturated rings. The summed E-state index contributed by atoms with van der Waals surface area (Å²) in [5.74, 6) is -0.236. The van der Waals surface area contributed by atoms with Crippen LogP contribution in [0.4, 0.5) is 0 Å². The Morgan fingerprint density at radius 3 is 2.28 bits per heavy atom. The van der Waals surface area contributed by atoms with Gasteiger partial charge in [0.1, 0.15) is 0 Å². The molecule has 2 aliphatic rings. The summed E-state index contributed by atoms with van der Waals surface area (Å²) >= 11 is 0.677. The Morgan fingerprint density at radius 1 is 0.920 bits per heavy atom. The predicted octanol–water partition coefficient (Wildman–Crippen LogP) is 2.07. The first-order valence-corrected chi connectivity index (χ1v) is 14.7. The molecule has 0 saturated carbocycles. The standard InChI is InChI=1S/C20H14O2Se2Si/c1-25(2)15-7-8-23-19(15)20-16(25)10-11(24-20)9-14-17(21)12-5-3-4-6-13(12)18(14)22/h3-10H,1-2H3. The van der Waals surface area contributed by atoms with Crippen molar-refractivity contribution in [3.05, 3.63) is 62.5 Å². The van der Waals surface area contributed by atoms with Gasteiger partial charge >= 0.3 is 159 Å². The molecule has 0 saturated heterocycles. The first-order valence-electron chi connectivity index (χ1n) is 8.11. The SMILES string of the molecule is C[Si]1(C)c2cc[se]c2-c2[se]c(C=C3C(=O)c4ccccc4C3=O)cc21. The molecule has 0 bridgehead atoms. The zero-order valence-corrected chi connectivity index (χ0v) is 18.2. The van der Waals surface area contributed by atoms with Gasteiger partial charge in [-0.25, -0.2) is 0 Å². The molecule has 122 valence electrons. The van der Waals surface area contributed by atoms with Crippen LogP contribution in [0.2, 0.25) is 13.1 Å². The third-order valence-electron chi connectivity index (χ3n) is 5.16. The molecule has 0 spiro atoms. The minimum absolute atomic E-state index is 0.118. The van der Waals surface area contributed by atoms with Gasteiger partial charge in [0.2, 0.25) is 0 Å². The predicted molar refractivity (Wildman–Crippen MR) is 106 cm³/mol. The van der Waals surface area contributed by atoms with E-state index < -0.39 is 8.07 Å². The zero-order chi connectivity index (χ0) is 17.3. The third kappa shape index (κ3) is 2.08. The topological polar surface area (TPSA) is 34.1 Å².